The predicted molar refractivity (Wildman–Crippen MR) is 105 cm³/mol. The smallest absolute Gasteiger partial charge is 0.330 e. The van der Waals surface area contributed by atoms with E-state index in [-0.39, 0.29) is 12.1 Å². The summed E-state index contributed by atoms with van der Waals surface area (Å²) in [5, 5.41) is 0. The van der Waals surface area contributed by atoms with Crippen LogP contribution in [0.5, 0.6) is 0 Å². The van der Waals surface area contributed by atoms with Gasteiger partial charge in [-0.15, -0.1) is 0 Å². The van der Waals surface area contributed by atoms with Gasteiger partial charge in [0.15, 0.2) is 0 Å². The fraction of sp³-hybridized carbons (Fsp3) is 0.591. The second-order valence-electron chi connectivity index (χ2n) is 7.27. The van der Waals surface area contributed by atoms with Gasteiger partial charge in [0.05, 0.1) is 6.10 Å². The lowest BCUT2D eigenvalue weighted by Gasteiger charge is -2.23. The van der Waals surface area contributed by atoms with E-state index in [0.29, 0.717) is 23.3 Å². The van der Waals surface area contributed by atoms with Gasteiger partial charge in [0.2, 0.25) is 0 Å². The summed E-state index contributed by atoms with van der Waals surface area (Å²) in [7, 11) is 0. The maximum atomic E-state index is 13.0. The van der Waals surface area contributed by atoms with E-state index >= 15 is 0 Å². The highest BCUT2D eigenvalue weighted by Crippen LogP contribution is 2.27. The summed E-state index contributed by atoms with van der Waals surface area (Å²) in [6.07, 6.45) is 6.89. The summed E-state index contributed by atoms with van der Waals surface area (Å²) in [6, 6.07) is 0. The van der Waals surface area contributed by atoms with Crippen molar-refractivity contribution in [1.29, 1.82) is 0 Å². The maximum absolute atomic E-state index is 13.0. The molecule has 0 rings (SSSR count). The van der Waals surface area contributed by atoms with Crippen molar-refractivity contribution in [2.45, 2.75) is 66.4 Å². The van der Waals surface area contributed by atoms with Crippen LogP contribution >= 0.6 is 0 Å². The third kappa shape index (κ3) is 10.1. The van der Waals surface area contributed by atoms with E-state index in [2.05, 4.69) is 40.5 Å². The van der Waals surface area contributed by atoms with Gasteiger partial charge in [-0.2, -0.15) is 0 Å². The largest absolute Gasteiger partial charge is 0.460 e. The van der Waals surface area contributed by atoms with Crippen LogP contribution in [-0.2, 0) is 9.53 Å². The third-order valence-electron chi connectivity index (χ3n) is 5.00. The Hall–Kier alpha value is -1.64. The molecule has 3 heteroatoms. The third-order valence-corrected chi connectivity index (χ3v) is 5.00. The zero-order valence-corrected chi connectivity index (χ0v) is 16.6. The Morgan fingerprint density at radius 2 is 1.56 bits per heavy atom. The molecule has 0 saturated heterocycles. The Labute approximate surface area is 153 Å². The van der Waals surface area contributed by atoms with Gasteiger partial charge >= 0.3 is 5.97 Å². The van der Waals surface area contributed by atoms with Crippen LogP contribution in [0.15, 0.2) is 48.9 Å². The number of hydrogen-bond donors (Lipinski definition) is 0. The number of rotatable bonds is 12. The standard InChI is InChI=1S/C22H35FO2/c1-9-22(24)25-20(7)13-12-16(3)15(2)10-11-17(4)18(5)14-19(6)21(8)23/h9,14-17,20H,1,5,8,10-13H2,2-4,6-7H3/b19-14-. The van der Waals surface area contributed by atoms with Crippen molar-refractivity contribution >= 4 is 5.97 Å². The second-order valence-corrected chi connectivity index (χ2v) is 7.27. The quantitative estimate of drug-likeness (QED) is 0.226. The van der Waals surface area contributed by atoms with Crippen LogP contribution in [0.1, 0.15) is 60.3 Å². The van der Waals surface area contributed by atoms with Gasteiger partial charge in [-0.05, 0) is 62.9 Å². The summed E-state index contributed by atoms with van der Waals surface area (Å²) in [6.45, 7) is 21.0. The van der Waals surface area contributed by atoms with Crippen LogP contribution in [0.2, 0.25) is 0 Å². The fourth-order valence-corrected chi connectivity index (χ4v) is 2.57. The molecule has 0 fully saturated rings. The number of ether oxygens (including phenoxy) is 1. The molecule has 0 aromatic rings. The zero-order chi connectivity index (χ0) is 19.6. The number of halogens is 1. The first-order chi connectivity index (χ1) is 11.6. The Morgan fingerprint density at radius 3 is 2.04 bits per heavy atom. The van der Waals surface area contributed by atoms with Crippen molar-refractivity contribution in [1.82, 2.24) is 0 Å². The minimum absolute atomic E-state index is 0.0826. The van der Waals surface area contributed by atoms with Gasteiger partial charge in [0, 0.05) is 6.08 Å². The van der Waals surface area contributed by atoms with Crippen LogP contribution in [0, 0.1) is 17.8 Å². The van der Waals surface area contributed by atoms with Crippen LogP contribution in [-0.4, -0.2) is 12.1 Å². The molecule has 0 amide bonds. The maximum Gasteiger partial charge on any atom is 0.330 e. The van der Waals surface area contributed by atoms with E-state index in [1.54, 1.807) is 13.0 Å². The summed E-state index contributed by atoms with van der Waals surface area (Å²) >= 11 is 0. The molecule has 4 unspecified atom stereocenters. The Morgan fingerprint density at radius 1 is 1.04 bits per heavy atom. The molecular weight excluding hydrogens is 315 g/mol. The van der Waals surface area contributed by atoms with Crippen molar-refractivity contribution in [3.05, 3.63) is 48.9 Å². The SMILES string of the molecule is C=CC(=O)OC(C)CCC(C)C(C)CCC(C)C(=C)/C=C(/C)C(=C)F. The van der Waals surface area contributed by atoms with Crippen LogP contribution in [0.25, 0.3) is 0 Å². The number of carbonyl (C=O) groups is 1. The predicted octanol–water partition coefficient (Wildman–Crippen LogP) is 6.56. The molecule has 0 aliphatic rings. The van der Waals surface area contributed by atoms with Crippen LogP contribution < -0.4 is 0 Å². The molecule has 0 aliphatic carbocycles. The molecule has 0 aromatic carbocycles. The second kappa shape index (κ2) is 11.8. The first kappa shape index (κ1) is 23.4. The van der Waals surface area contributed by atoms with Gasteiger partial charge in [-0.1, -0.05) is 52.2 Å². The lowest BCUT2D eigenvalue weighted by molar-refractivity contribution is -0.142. The Bertz CT molecular complexity index is 504. The minimum Gasteiger partial charge on any atom is -0.460 e. The Balaban J connectivity index is 4.27. The van der Waals surface area contributed by atoms with Gasteiger partial charge in [-0.3, -0.25) is 0 Å². The van der Waals surface area contributed by atoms with Crippen molar-refractivity contribution in [2.24, 2.45) is 17.8 Å². The molecule has 4 atom stereocenters. The van der Waals surface area contributed by atoms with Gasteiger partial charge < -0.3 is 4.74 Å². The highest BCUT2D eigenvalue weighted by Gasteiger charge is 2.16. The van der Waals surface area contributed by atoms with E-state index in [9.17, 15) is 9.18 Å². The highest BCUT2D eigenvalue weighted by molar-refractivity contribution is 5.81. The first-order valence-electron chi connectivity index (χ1n) is 9.13. The van der Waals surface area contributed by atoms with Crippen LogP contribution in [0.3, 0.4) is 0 Å². The lowest BCUT2D eigenvalue weighted by atomic mass is 9.84. The molecule has 0 heterocycles. The van der Waals surface area contributed by atoms with Crippen molar-refractivity contribution in [3.8, 4) is 0 Å². The molecular formula is C22H35FO2. The molecule has 0 radical (unpaired) electrons. The number of esters is 1. The van der Waals surface area contributed by atoms with E-state index in [1.807, 2.05) is 6.92 Å². The van der Waals surface area contributed by atoms with Gasteiger partial charge in [0.25, 0.3) is 0 Å². The number of carbonyl (C=O) groups excluding carboxylic acids is 1. The van der Waals surface area contributed by atoms with E-state index in [1.165, 1.54) is 6.08 Å². The summed E-state index contributed by atoms with van der Waals surface area (Å²) in [5.41, 5.74) is 1.49. The molecule has 0 saturated carbocycles. The molecule has 2 nitrogen and oxygen atoms in total. The average molecular weight is 351 g/mol. The minimum atomic E-state index is -0.401. The topological polar surface area (TPSA) is 26.3 Å². The molecule has 0 bridgehead atoms. The highest BCUT2D eigenvalue weighted by atomic mass is 19.1. The van der Waals surface area contributed by atoms with Crippen molar-refractivity contribution < 1.29 is 13.9 Å². The molecule has 25 heavy (non-hydrogen) atoms. The average Bonchev–Trinajstić information content (AvgIpc) is 2.56. The summed E-state index contributed by atoms with van der Waals surface area (Å²) in [4.78, 5) is 11.2. The monoisotopic (exact) mass is 350 g/mol. The Kier molecular flexibility index (Phi) is 11.1. The van der Waals surface area contributed by atoms with Crippen molar-refractivity contribution in [2.75, 3.05) is 0 Å². The number of hydrogen-bond acceptors (Lipinski definition) is 2. The van der Waals surface area contributed by atoms with E-state index in [0.717, 1.165) is 31.3 Å². The number of allylic oxidation sites excluding steroid dienone is 4. The molecule has 0 spiro atoms. The van der Waals surface area contributed by atoms with Gasteiger partial charge in [-0.25, -0.2) is 9.18 Å². The molecule has 0 N–H and O–H groups in total. The molecule has 0 aromatic heterocycles. The van der Waals surface area contributed by atoms with E-state index < -0.39 is 5.83 Å². The normalized spacial score (nSPS) is 16.5. The van der Waals surface area contributed by atoms with Gasteiger partial charge in [0.1, 0.15) is 5.83 Å². The summed E-state index contributed by atoms with van der Waals surface area (Å²) in [5.74, 6) is 0.671. The zero-order valence-electron chi connectivity index (χ0n) is 16.6. The fourth-order valence-electron chi connectivity index (χ4n) is 2.57. The van der Waals surface area contributed by atoms with E-state index in [4.69, 9.17) is 4.74 Å². The summed E-state index contributed by atoms with van der Waals surface area (Å²) < 4.78 is 18.3. The molecule has 0 aliphatic heterocycles. The lowest BCUT2D eigenvalue weighted by Crippen LogP contribution is -2.16. The molecule has 142 valence electrons. The van der Waals surface area contributed by atoms with Crippen LogP contribution in [0.4, 0.5) is 4.39 Å². The first-order valence-corrected chi connectivity index (χ1v) is 9.13. The van der Waals surface area contributed by atoms with Crippen molar-refractivity contribution in [3.63, 3.8) is 0 Å².